The summed E-state index contributed by atoms with van der Waals surface area (Å²) in [4.78, 5) is 12.4. The van der Waals surface area contributed by atoms with Gasteiger partial charge in [0, 0.05) is 0 Å². The second-order valence-electron chi connectivity index (χ2n) is 6.40. The fourth-order valence-electron chi connectivity index (χ4n) is 3.07. The Balaban J connectivity index is 1.57. The first-order chi connectivity index (χ1) is 14.6. The highest BCUT2D eigenvalue weighted by atomic mass is 35.5. The molecule has 8 heteroatoms. The number of benzene rings is 3. The summed E-state index contributed by atoms with van der Waals surface area (Å²) in [5, 5.41) is 13.9. The number of aromatic nitrogens is 2. The fourth-order valence-corrected chi connectivity index (χ4v) is 3.38. The second-order valence-corrected chi connectivity index (χ2v) is 7.22. The quantitative estimate of drug-likeness (QED) is 0.327. The van der Waals surface area contributed by atoms with Gasteiger partial charge < -0.3 is 4.74 Å². The molecule has 0 saturated carbocycles. The number of nitrogens with zero attached hydrogens (tertiary/aromatic N) is 2. The SMILES string of the molecule is COc1ccc2ccccc2c1-c1cc(C(=O)N/N=C/c2ccc(Cl)c(Cl)c2)[nH]n1. The molecule has 150 valence electrons. The largest absolute Gasteiger partial charge is 0.496 e. The van der Waals surface area contributed by atoms with Gasteiger partial charge in [-0.25, -0.2) is 5.43 Å². The lowest BCUT2D eigenvalue weighted by atomic mass is 10.0. The van der Waals surface area contributed by atoms with E-state index < -0.39 is 5.91 Å². The minimum atomic E-state index is -0.427. The van der Waals surface area contributed by atoms with Crippen LogP contribution in [0.3, 0.4) is 0 Å². The minimum Gasteiger partial charge on any atom is -0.496 e. The third-order valence-electron chi connectivity index (χ3n) is 4.51. The average molecular weight is 439 g/mol. The van der Waals surface area contributed by atoms with E-state index in [1.54, 1.807) is 31.4 Å². The first kappa shape index (κ1) is 19.9. The van der Waals surface area contributed by atoms with Crippen molar-refractivity contribution >= 4 is 46.1 Å². The molecule has 0 unspecified atom stereocenters. The molecule has 2 N–H and O–H groups in total. The van der Waals surface area contributed by atoms with Crippen LogP contribution in [0.1, 0.15) is 16.1 Å². The van der Waals surface area contributed by atoms with Crippen molar-refractivity contribution in [2.45, 2.75) is 0 Å². The van der Waals surface area contributed by atoms with Crippen molar-refractivity contribution in [1.82, 2.24) is 15.6 Å². The fraction of sp³-hybridized carbons (Fsp3) is 0.0455. The predicted octanol–water partition coefficient (Wildman–Crippen LogP) is 5.31. The summed E-state index contributed by atoms with van der Waals surface area (Å²) < 4.78 is 5.51. The second kappa shape index (κ2) is 8.57. The molecule has 0 atom stereocenters. The van der Waals surface area contributed by atoms with Crippen LogP contribution in [-0.4, -0.2) is 29.4 Å². The van der Waals surface area contributed by atoms with Crippen LogP contribution in [0.5, 0.6) is 5.75 Å². The number of methoxy groups -OCH3 is 1. The number of fused-ring (bicyclic) bond motifs is 1. The molecule has 0 fully saturated rings. The molecule has 4 rings (SSSR count). The lowest BCUT2D eigenvalue weighted by molar-refractivity contribution is 0.0950. The Kier molecular flexibility index (Phi) is 5.70. The summed E-state index contributed by atoms with van der Waals surface area (Å²) >= 11 is 11.9. The van der Waals surface area contributed by atoms with Crippen LogP contribution in [0.2, 0.25) is 10.0 Å². The third kappa shape index (κ3) is 4.01. The Morgan fingerprint density at radius 1 is 1.10 bits per heavy atom. The monoisotopic (exact) mass is 438 g/mol. The third-order valence-corrected chi connectivity index (χ3v) is 5.25. The van der Waals surface area contributed by atoms with Gasteiger partial charge in [0.05, 0.1) is 34.6 Å². The Hall–Kier alpha value is -3.35. The van der Waals surface area contributed by atoms with Gasteiger partial charge in [-0.2, -0.15) is 10.2 Å². The van der Waals surface area contributed by atoms with Crippen LogP contribution in [-0.2, 0) is 0 Å². The van der Waals surface area contributed by atoms with Crippen molar-refractivity contribution in [3.05, 3.63) is 82.0 Å². The van der Waals surface area contributed by atoms with E-state index in [-0.39, 0.29) is 5.69 Å². The lowest BCUT2D eigenvalue weighted by Gasteiger charge is -2.09. The van der Waals surface area contributed by atoms with E-state index in [4.69, 9.17) is 27.9 Å². The highest BCUT2D eigenvalue weighted by Gasteiger charge is 2.16. The number of aromatic amines is 1. The van der Waals surface area contributed by atoms with E-state index in [1.807, 2.05) is 36.4 Å². The summed E-state index contributed by atoms with van der Waals surface area (Å²) in [5.74, 6) is 0.245. The molecule has 30 heavy (non-hydrogen) atoms. The van der Waals surface area contributed by atoms with Crippen LogP contribution in [0, 0.1) is 0 Å². The number of hydrogen-bond donors (Lipinski definition) is 2. The first-order valence-electron chi connectivity index (χ1n) is 8.97. The van der Waals surface area contributed by atoms with E-state index in [9.17, 15) is 4.79 Å². The number of halogens is 2. The van der Waals surface area contributed by atoms with Gasteiger partial charge in [0.1, 0.15) is 11.4 Å². The van der Waals surface area contributed by atoms with Gasteiger partial charge in [-0.05, 0) is 40.6 Å². The van der Waals surface area contributed by atoms with Crippen LogP contribution >= 0.6 is 23.2 Å². The molecule has 6 nitrogen and oxygen atoms in total. The van der Waals surface area contributed by atoms with Crippen LogP contribution in [0.25, 0.3) is 22.0 Å². The van der Waals surface area contributed by atoms with E-state index in [1.165, 1.54) is 6.21 Å². The molecule has 0 bridgehead atoms. The summed E-state index contributed by atoms with van der Waals surface area (Å²) in [5.41, 5.74) is 4.85. The van der Waals surface area contributed by atoms with Crippen molar-refractivity contribution in [3.63, 3.8) is 0 Å². The van der Waals surface area contributed by atoms with Gasteiger partial charge >= 0.3 is 0 Å². The molecule has 0 aliphatic carbocycles. The number of rotatable bonds is 5. The molecule has 0 radical (unpaired) electrons. The molecule has 1 aromatic heterocycles. The number of ether oxygens (including phenoxy) is 1. The standard InChI is InChI=1S/C22H16Cl2N4O2/c1-30-20-9-7-14-4-2-3-5-15(14)21(20)18-11-19(27-26-18)22(29)28-25-12-13-6-8-16(23)17(24)10-13/h2-12H,1H3,(H,26,27)(H,28,29)/b25-12+. The molecule has 0 aliphatic heterocycles. The molecule has 0 spiro atoms. The van der Waals surface area contributed by atoms with Gasteiger partial charge in [0.15, 0.2) is 0 Å². The molecule has 0 saturated heterocycles. The zero-order chi connectivity index (χ0) is 21.1. The average Bonchev–Trinajstić information content (AvgIpc) is 3.25. The summed E-state index contributed by atoms with van der Waals surface area (Å²) in [7, 11) is 1.60. The van der Waals surface area contributed by atoms with Crippen LogP contribution in [0.15, 0.2) is 65.8 Å². The molecule has 3 aromatic carbocycles. The Morgan fingerprint density at radius 3 is 2.73 bits per heavy atom. The maximum atomic E-state index is 12.4. The zero-order valence-corrected chi connectivity index (χ0v) is 17.3. The number of nitrogens with one attached hydrogen (secondary N) is 2. The lowest BCUT2D eigenvalue weighted by Crippen LogP contribution is -2.18. The van der Waals surface area contributed by atoms with Crippen molar-refractivity contribution in [1.29, 1.82) is 0 Å². The van der Waals surface area contributed by atoms with Crippen LogP contribution < -0.4 is 10.2 Å². The smallest absolute Gasteiger partial charge is 0.289 e. The van der Waals surface area contributed by atoms with Gasteiger partial charge in [-0.1, -0.05) is 59.6 Å². The Bertz CT molecular complexity index is 1270. The van der Waals surface area contributed by atoms with Gasteiger partial charge in [-0.3, -0.25) is 9.89 Å². The molecule has 1 amide bonds. The van der Waals surface area contributed by atoms with Crippen molar-refractivity contribution < 1.29 is 9.53 Å². The molecular weight excluding hydrogens is 423 g/mol. The number of hydrazone groups is 1. The summed E-state index contributed by atoms with van der Waals surface area (Å²) in [6.07, 6.45) is 1.48. The molecule has 0 aliphatic rings. The highest BCUT2D eigenvalue weighted by Crippen LogP contribution is 2.36. The number of hydrogen-bond acceptors (Lipinski definition) is 4. The van der Waals surface area contributed by atoms with E-state index in [0.29, 0.717) is 27.1 Å². The predicted molar refractivity (Wildman–Crippen MR) is 120 cm³/mol. The minimum absolute atomic E-state index is 0.270. The van der Waals surface area contributed by atoms with E-state index >= 15 is 0 Å². The highest BCUT2D eigenvalue weighted by molar-refractivity contribution is 6.42. The van der Waals surface area contributed by atoms with Crippen molar-refractivity contribution in [3.8, 4) is 17.0 Å². The first-order valence-corrected chi connectivity index (χ1v) is 9.72. The van der Waals surface area contributed by atoms with Gasteiger partial charge in [0.25, 0.3) is 5.91 Å². The maximum absolute atomic E-state index is 12.4. The maximum Gasteiger partial charge on any atom is 0.289 e. The number of carbonyl (C=O) groups excluding carboxylic acids is 1. The van der Waals surface area contributed by atoms with Gasteiger partial charge in [0.2, 0.25) is 0 Å². The normalized spacial score (nSPS) is 11.2. The van der Waals surface area contributed by atoms with Crippen LogP contribution in [0.4, 0.5) is 0 Å². The van der Waals surface area contributed by atoms with Crippen molar-refractivity contribution in [2.24, 2.45) is 5.10 Å². The molecule has 1 heterocycles. The van der Waals surface area contributed by atoms with E-state index in [2.05, 4.69) is 20.7 Å². The number of carbonyl (C=O) groups is 1. The van der Waals surface area contributed by atoms with Gasteiger partial charge in [-0.15, -0.1) is 0 Å². The topological polar surface area (TPSA) is 79.4 Å². The molecular formula is C22H16Cl2N4O2. The zero-order valence-electron chi connectivity index (χ0n) is 15.8. The van der Waals surface area contributed by atoms with E-state index in [0.717, 1.165) is 16.3 Å². The van der Waals surface area contributed by atoms with Crippen molar-refractivity contribution in [2.75, 3.05) is 7.11 Å². The molecule has 4 aromatic rings. The Labute approximate surface area is 182 Å². The number of amides is 1. The summed E-state index contributed by atoms with van der Waals surface area (Å²) in [6, 6.07) is 18.5. The Morgan fingerprint density at radius 2 is 1.93 bits per heavy atom. The summed E-state index contributed by atoms with van der Waals surface area (Å²) in [6.45, 7) is 0. The number of H-pyrrole nitrogens is 1.